The highest BCUT2D eigenvalue weighted by Gasteiger charge is 2.51. The lowest BCUT2D eigenvalue weighted by atomic mass is 9.60. The van der Waals surface area contributed by atoms with E-state index >= 15 is 0 Å². The van der Waals surface area contributed by atoms with E-state index in [-0.39, 0.29) is 23.5 Å². The van der Waals surface area contributed by atoms with Crippen LogP contribution in [0, 0.1) is 17.8 Å². The number of hydrogen-bond donors (Lipinski definition) is 0. The first-order valence-electron chi connectivity index (χ1n) is 14.0. The zero-order chi connectivity index (χ0) is 27.5. The smallest absolute Gasteiger partial charge is 0.227 e. The molecule has 1 fully saturated rings. The lowest BCUT2D eigenvalue weighted by Gasteiger charge is -2.46. The van der Waals surface area contributed by atoms with E-state index in [2.05, 4.69) is 30.3 Å². The topological polar surface area (TPSA) is 46.6 Å². The van der Waals surface area contributed by atoms with Crippen LogP contribution in [-0.4, -0.2) is 30.2 Å². The van der Waals surface area contributed by atoms with Crippen LogP contribution in [0.1, 0.15) is 39.4 Å². The molecule has 1 aliphatic heterocycles. The van der Waals surface area contributed by atoms with Gasteiger partial charge in [0.1, 0.15) is 5.75 Å². The van der Waals surface area contributed by atoms with Gasteiger partial charge < -0.3 is 9.64 Å². The molecule has 40 heavy (non-hydrogen) atoms. The summed E-state index contributed by atoms with van der Waals surface area (Å²) in [6.07, 6.45) is 3.12. The second kappa shape index (κ2) is 11.4. The Kier molecular flexibility index (Phi) is 7.33. The normalized spacial score (nSPS) is 22.3. The minimum absolute atomic E-state index is 0.00699. The van der Waals surface area contributed by atoms with Crippen LogP contribution < -0.4 is 4.74 Å². The summed E-state index contributed by atoms with van der Waals surface area (Å²) in [6.45, 7) is 1.18. The van der Waals surface area contributed by atoms with Crippen molar-refractivity contribution in [2.45, 2.75) is 18.9 Å². The molecule has 0 unspecified atom stereocenters. The highest BCUT2D eigenvalue weighted by atomic mass is 16.5. The number of nitrogens with zero attached hydrogens (tertiary/aromatic N) is 1. The largest absolute Gasteiger partial charge is 0.497 e. The Hall–Kier alpha value is -4.44. The molecule has 0 spiro atoms. The third-order valence-electron chi connectivity index (χ3n) is 8.42. The van der Waals surface area contributed by atoms with Crippen molar-refractivity contribution >= 4 is 17.3 Å². The van der Waals surface area contributed by atoms with Crippen molar-refractivity contribution in [3.8, 4) is 5.75 Å². The number of piperidine rings is 1. The maximum Gasteiger partial charge on any atom is 0.227 e. The number of carbonyl (C=O) groups excluding carboxylic acids is 2. The Morgan fingerprint density at radius 3 is 2.10 bits per heavy atom. The summed E-state index contributed by atoms with van der Waals surface area (Å²) in [4.78, 5) is 30.8. The van der Waals surface area contributed by atoms with Gasteiger partial charge in [-0.2, -0.15) is 0 Å². The number of hydrogen-bond acceptors (Lipinski definition) is 3. The van der Waals surface area contributed by atoms with Crippen LogP contribution in [0.2, 0.25) is 0 Å². The number of allylic oxidation sites excluding steroid dienone is 2. The van der Waals surface area contributed by atoms with E-state index in [1.54, 1.807) is 7.11 Å². The van der Waals surface area contributed by atoms with Gasteiger partial charge in [-0.1, -0.05) is 109 Å². The third-order valence-corrected chi connectivity index (χ3v) is 8.42. The van der Waals surface area contributed by atoms with Gasteiger partial charge in [0.05, 0.1) is 13.0 Å². The molecule has 0 saturated carbocycles. The second-order valence-electron chi connectivity index (χ2n) is 10.7. The number of amides is 1. The van der Waals surface area contributed by atoms with Crippen LogP contribution in [0.3, 0.4) is 0 Å². The molecule has 0 N–H and O–H groups in total. The molecule has 4 heteroatoms. The number of rotatable bonds is 7. The number of fused-ring (bicyclic) bond motifs is 1. The lowest BCUT2D eigenvalue weighted by molar-refractivity contribution is -0.143. The van der Waals surface area contributed by atoms with Crippen molar-refractivity contribution in [1.29, 1.82) is 0 Å². The number of carbonyl (C=O) groups is 2. The predicted molar refractivity (Wildman–Crippen MR) is 158 cm³/mol. The fourth-order valence-electron chi connectivity index (χ4n) is 6.50. The number of ketones is 1. The molecule has 1 aliphatic carbocycles. The van der Waals surface area contributed by atoms with Crippen molar-refractivity contribution in [2.24, 2.45) is 17.8 Å². The highest BCUT2D eigenvalue weighted by molar-refractivity contribution is 6.03. The fraction of sp³-hybridized carbons (Fsp3) is 0.222. The molecule has 1 heterocycles. The van der Waals surface area contributed by atoms with Crippen molar-refractivity contribution < 1.29 is 14.3 Å². The summed E-state index contributed by atoms with van der Waals surface area (Å²) < 4.78 is 5.31. The van der Waals surface area contributed by atoms with Crippen LogP contribution in [0.25, 0.3) is 5.57 Å². The van der Waals surface area contributed by atoms with Crippen LogP contribution in [0.4, 0.5) is 0 Å². The molecule has 0 aromatic heterocycles. The first kappa shape index (κ1) is 25.8. The van der Waals surface area contributed by atoms with E-state index in [1.165, 1.54) is 0 Å². The molecule has 0 radical (unpaired) electrons. The summed E-state index contributed by atoms with van der Waals surface area (Å²) in [7, 11) is 1.65. The van der Waals surface area contributed by atoms with Gasteiger partial charge in [-0.15, -0.1) is 0 Å². The first-order chi connectivity index (χ1) is 19.6. The Balaban J connectivity index is 1.45. The Bertz CT molecular complexity index is 1500. The van der Waals surface area contributed by atoms with Crippen LogP contribution in [0.5, 0.6) is 5.75 Å². The number of likely N-dealkylation sites (tertiary alicyclic amines) is 1. The summed E-state index contributed by atoms with van der Waals surface area (Å²) in [5.74, 6) is -0.302. The van der Waals surface area contributed by atoms with Crippen molar-refractivity contribution in [2.75, 3.05) is 13.7 Å². The zero-order valence-electron chi connectivity index (χ0n) is 22.6. The minimum atomic E-state index is -0.513. The van der Waals surface area contributed by atoms with E-state index in [0.29, 0.717) is 18.7 Å². The molecule has 2 aliphatic rings. The van der Waals surface area contributed by atoms with Gasteiger partial charge in [-0.25, -0.2) is 0 Å². The highest BCUT2D eigenvalue weighted by Crippen LogP contribution is 2.52. The van der Waals surface area contributed by atoms with Gasteiger partial charge in [-0.05, 0) is 46.7 Å². The zero-order valence-corrected chi connectivity index (χ0v) is 22.6. The Morgan fingerprint density at radius 1 is 0.825 bits per heavy atom. The van der Waals surface area contributed by atoms with Crippen molar-refractivity contribution in [1.82, 2.24) is 4.90 Å². The number of methoxy groups -OCH3 is 1. The lowest BCUT2D eigenvalue weighted by Crippen LogP contribution is -2.52. The Morgan fingerprint density at radius 2 is 1.45 bits per heavy atom. The van der Waals surface area contributed by atoms with E-state index in [0.717, 1.165) is 34.4 Å². The third kappa shape index (κ3) is 4.98. The van der Waals surface area contributed by atoms with Gasteiger partial charge in [-0.3, -0.25) is 9.59 Å². The fourth-order valence-corrected chi connectivity index (χ4v) is 6.50. The predicted octanol–water partition coefficient (Wildman–Crippen LogP) is 7.04. The van der Waals surface area contributed by atoms with E-state index in [9.17, 15) is 9.59 Å². The van der Waals surface area contributed by atoms with E-state index in [4.69, 9.17) is 4.74 Å². The van der Waals surface area contributed by atoms with Crippen molar-refractivity contribution in [3.63, 3.8) is 0 Å². The molecule has 4 atom stereocenters. The molecule has 4 aromatic carbocycles. The van der Waals surface area contributed by atoms with Crippen LogP contribution in [0.15, 0.2) is 121 Å². The first-order valence-corrected chi connectivity index (χ1v) is 14.0. The molecule has 6 rings (SSSR count). The van der Waals surface area contributed by atoms with Gasteiger partial charge in [0.25, 0.3) is 0 Å². The molecule has 4 aromatic rings. The SMILES string of the molecule is COc1ccc(CN2CC[C@H]3C=C(c4ccccc4)[C@@H](c4ccccc4)[C@H](C(=O)c4ccccc4)[C@H]3C2=O)cc1. The summed E-state index contributed by atoms with van der Waals surface area (Å²) >= 11 is 0. The molecular weight excluding hydrogens is 494 g/mol. The van der Waals surface area contributed by atoms with Crippen molar-refractivity contribution in [3.05, 3.63) is 144 Å². The van der Waals surface area contributed by atoms with Gasteiger partial charge in [0.2, 0.25) is 5.91 Å². The summed E-state index contributed by atoms with van der Waals surface area (Å²) in [5, 5.41) is 0. The molecule has 4 nitrogen and oxygen atoms in total. The summed E-state index contributed by atoms with van der Waals surface area (Å²) in [6, 6.07) is 37.9. The Labute approximate surface area is 235 Å². The number of Topliss-reactive ketones (excluding diaryl/α,β-unsaturated/α-hetero) is 1. The minimum Gasteiger partial charge on any atom is -0.497 e. The molecular formula is C36H33NO3. The van der Waals surface area contributed by atoms with E-state index < -0.39 is 11.8 Å². The van der Waals surface area contributed by atoms with Crippen LogP contribution >= 0.6 is 0 Å². The van der Waals surface area contributed by atoms with Gasteiger partial charge >= 0.3 is 0 Å². The second-order valence-corrected chi connectivity index (χ2v) is 10.7. The maximum absolute atomic E-state index is 14.5. The standard InChI is InChI=1S/C36H33NO3/c1-40-30-19-17-25(18-20-30)24-37-22-21-29-23-31(26-11-5-2-6-12-26)32(27-13-7-3-8-14-27)34(33(29)36(37)39)35(38)28-15-9-4-10-16-28/h2-20,23,29,32-34H,21-22,24H2,1H3/t29-,32+,33-,34-/m0/s1. The quantitative estimate of drug-likeness (QED) is 0.242. The molecule has 1 saturated heterocycles. The maximum atomic E-state index is 14.5. The average Bonchev–Trinajstić information content (AvgIpc) is 3.03. The molecule has 1 amide bonds. The molecule has 200 valence electrons. The molecule has 0 bridgehead atoms. The van der Waals surface area contributed by atoms with E-state index in [1.807, 2.05) is 95.9 Å². The van der Waals surface area contributed by atoms with Crippen LogP contribution in [-0.2, 0) is 11.3 Å². The van der Waals surface area contributed by atoms with Gasteiger partial charge in [0.15, 0.2) is 5.78 Å². The summed E-state index contributed by atoms with van der Waals surface area (Å²) in [5.41, 5.74) is 5.01. The monoisotopic (exact) mass is 527 g/mol. The average molecular weight is 528 g/mol. The van der Waals surface area contributed by atoms with Gasteiger partial charge in [0, 0.05) is 30.5 Å². The number of benzene rings is 4. The number of ether oxygens (including phenoxy) is 1.